The number of allylic oxidation sites excluding steroid dienone is 2. The van der Waals surface area contributed by atoms with Crippen molar-refractivity contribution >= 4 is 28.9 Å². The van der Waals surface area contributed by atoms with Crippen molar-refractivity contribution in [3.63, 3.8) is 0 Å². The SMILES string of the molecule is CC1=CC[C@H](C(=O)N(c2cc(C#CC(C)(C)C)sc2C(=O)O)C2CCC3(CC2)CO3)CC1. The van der Waals surface area contributed by atoms with Crippen LogP contribution in [-0.2, 0) is 9.53 Å². The van der Waals surface area contributed by atoms with Crippen molar-refractivity contribution in [2.75, 3.05) is 11.5 Å². The number of hydrogen-bond acceptors (Lipinski definition) is 4. The molecule has 6 heteroatoms. The summed E-state index contributed by atoms with van der Waals surface area (Å²) in [4.78, 5) is 28.7. The van der Waals surface area contributed by atoms with Crippen LogP contribution in [0.1, 0.15) is 87.2 Å². The average Bonchev–Trinajstić information content (AvgIpc) is 3.35. The lowest BCUT2D eigenvalue weighted by Gasteiger charge is -2.38. The van der Waals surface area contributed by atoms with Gasteiger partial charge in [0.2, 0.25) is 5.91 Å². The molecule has 0 unspecified atom stereocenters. The molecule has 2 aliphatic carbocycles. The van der Waals surface area contributed by atoms with Gasteiger partial charge in [-0.1, -0.05) is 23.5 Å². The van der Waals surface area contributed by atoms with E-state index < -0.39 is 5.97 Å². The number of hydrogen-bond donors (Lipinski definition) is 1. The number of carboxylic acids is 1. The van der Waals surface area contributed by atoms with Gasteiger partial charge >= 0.3 is 5.97 Å². The summed E-state index contributed by atoms with van der Waals surface area (Å²) in [5.41, 5.74) is 1.68. The number of carbonyl (C=O) groups is 2. The Balaban J connectivity index is 1.70. The van der Waals surface area contributed by atoms with Gasteiger partial charge in [-0.3, -0.25) is 4.79 Å². The van der Waals surface area contributed by atoms with Gasteiger partial charge in [-0.05, 0) is 78.7 Å². The van der Waals surface area contributed by atoms with Crippen LogP contribution < -0.4 is 4.90 Å². The second kappa shape index (κ2) is 8.68. The van der Waals surface area contributed by atoms with E-state index in [2.05, 4.69) is 24.8 Å². The highest BCUT2D eigenvalue weighted by Crippen LogP contribution is 2.45. The van der Waals surface area contributed by atoms with Crippen molar-refractivity contribution in [3.05, 3.63) is 27.5 Å². The molecule has 1 saturated heterocycles. The molecule has 2 fully saturated rings. The van der Waals surface area contributed by atoms with Crippen molar-refractivity contribution in [1.82, 2.24) is 0 Å². The minimum Gasteiger partial charge on any atom is -0.477 e. The second-order valence-corrected chi connectivity index (χ2v) is 11.6. The number of amides is 1. The number of carboxylic acid groups (broad SMARTS) is 1. The molecule has 1 saturated carbocycles. The molecule has 172 valence electrons. The summed E-state index contributed by atoms with van der Waals surface area (Å²) in [6, 6.07) is 1.83. The van der Waals surface area contributed by atoms with Gasteiger partial charge in [0.1, 0.15) is 4.88 Å². The summed E-state index contributed by atoms with van der Waals surface area (Å²) in [5, 5.41) is 9.97. The standard InChI is InChI=1S/C26H33NO4S/c1-17-5-7-18(8-6-17)23(28)27(19-9-13-26(14-10-19)16-31-26)21-15-20(11-12-25(2,3)4)32-22(21)24(29)30/h5,15,18-19H,6-10,13-14,16H2,1-4H3,(H,29,30)/t18-,19?,26?/m0/s1. The van der Waals surface area contributed by atoms with E-state index in [9.17, 15) is 14.7 Å². The van der Waals surface area contributed by atoms with Crippen LogP contribution >= 0.6 is 11.3 Å². The quantitative estimate of drug-likeness (QED) is 0.363. The molecule has 1 aromatic rings. The maximum Gasteiger partial charge on any atom is 0.348 e. The molecule has 4 rings (SSSR count). The van der Waals surface area contributed by atoms with Crippen molar-refractivity contribution in [3.8, 4) is 11.8 Å². The van der Waals surface area contributed by atoms with Crippen molar-refractivity contribution in [2.24, 2.45) is 11.3 Å². The van der Waals surface area contributed by atoms with Gasteiger partial charge in [0, 0.05) is 17.4 Å². The Kier molecular flexibility index (Phi) is 6.26. The number of ether oxygens (including phenoxy) is 1. The van der Waals surface area contributed by atoms with Crippen LogP contribution in [-0.4, -0.2) is 35.2 Å². The number of rotatable bonds is 4. The topological polar surface area (TPSA) is 70.1 Å². The van der Waals surface area contributed by atoms with Crippen molar-refractivity contribution in [2.45, 2.75) is 84.3 Å². The minimum absolute atomic E-state index is 0.000420. The number of nitrogens with zero attached hydrogens (tertiary/aromatic N) is 1. The maximum atomic E-state index is 13.8. The van der Waals surface area contributed by atoms with Gasteiger partial charge in [-0.25, -0.2) is 4.79 Å². The summed E-state index contributed by atoms with van der Waals surface area (Å²) < 4.78 is 5.67. The first-order valence-corrected chi connectivity index (χ1v) is 12.4. The Hall–Kier alpha value is -2.10. The number of carbonyl (C=O) groups excluding carboxylic acids is 1. The lowest BCUT2D eigenvalue weighted by molar-refractivity contribution is -0.123. The zero-order valence-corrected chi connectivity index (χ0v) is 20.3. The normalized spacial score (nSPS) is 27.3. The fraction of sp³-hybridized carbons (Fsp3) is 0.615. The highest BCUT2D eigenvalue weighted by atomic mass is 32.1. The van der Waals surface area contributed by atoms with Gasteiger partial charge < -0.3 is 14.7 Å². The predicted octanol–water partition coefficient (Wildman–Crippen LogP) is 5.63. The first-order valence-electron chi connectivity index (χ1n) is 11.6. The van der Waals surface area contributed by atoms with Gasteiger partial charge in [0.05, 0.1) is 22.8 Å². The second-order valence-electron chi connectivity index (χ2n) is 10.6. The Bertz CT molecular complexity index is 989. The van der Waals surface area contributed by atoms with Crippen molar-refractivity contribution < 1.29 is 19.4 Å². The highest BCUT2D eigenvalue weighted by molar-refractivity contribution is 7.15. The zero-order valence-electron chi connectivity index (χ0n) is 19.5. The molecule has 1 spiro atoms. The third kappa shape index (κ3) is 5.10. The molecule has 1 amide bonds. The van der Waals surface area contributed by atoms with Crippen LogP contribution in [0.5, 0.6) is 0 Å². The molecule has 5 nitrogen and oxygen atoms in total. The van der Waals surface area contributed by atoms with Gasteiger partial charge in [-0.15, -0.1) is 11.3 Å². The molecule has 0 bridgehead atoms. The number of anilines is 1. The zero-order chi connectivity index (χ0) is 23.1. The van der Waals surface area contributed by atoms with E-state index in [0.717, 1.165) is 51.6 Å². The molecular formula is C26H33NO4S. The first kappa shape index (κ1) is 23.1. The Morgan fingerprint density at radius 2 is 1.94 bits per heavy atom. The average molecular weight is 456 g/mol. The van der Waals surface area contributed by atoms with E-state index in [4.69, 9.17) is 4.74 Å². The van der Waals surface area contributed by atoms with E-state index in [1.165, 1.54) is 16.9 Å². The lowest BCUT2D eigenvalue weighted by atomic mass is 9.83. The molecule has 1 atom stereocenters. The van der Waals surface area contributed by atoms with Crippen LogP contribution in [0.25, 0.3) is 0 Å². The predicted molar refractivity (Wildman–Crippen MR) is 127 cm³/mol. The molecule has 1 N–H and O–H groups in total. The minimum atomic E-state index is -0.996. The summed E-state index contributed by atoms with van der Waals surface area (Å²) in [6.07, 6.45) is 8.15. The van der Waals surface area contributed by atoms with Crippen LogP contribution in [0.4, 0.5) is 5.69 Å². The van der Waals surface area contributed by atoms with Gasteiger partial charge in [0.15, 0.2) is 0 Å². The van der Waals surface area contributed by atoms with E-state index in [1.54, 1.807) is 0 Å². The largest absolute Gasteiger partial charge is 0.477 e. The lowest BCUT2D eigenvalue weighted by Crippen LogP contribution is -2.47. The number of aromatic carboxylic acids is 1. The van der Waals surface area contributed by atoms with E-state index in [0.29, 0.717) is 10.6 Å². The maximum absolute atomic E-state index is 13.8. The molecule has 1 aromatic heterocycles. The summed E-state index contributed by atoms with van der Waals surface area (Å²) in [5.74, 6) is 5.30. The molecule has 0 radical (unpaired) electrons. The van der Waals surface area contributed by atoms with Gasteiger partial charge in [-0.2, -0.15) is 0 Å². The van der Waals surface area contributed by atoms with Crippen LogP contribution in [0.2, 0.25) is 0 Å². The van der Waals surface area contributed by atoms with Crippen LogP contribution in [0.15, 0.2) is 17.7 Å². The fourth-order valence-electron chi connectivity index (χ4n) is 4.68. The molecule has 32 heavy (non-hydrogen) atoms. The summed E-state index contributed by atoms with van der Waals surface area (Å²) in [6.45, 7) is 9.00. The smallest absolute Gasteiger partial charge is 0.348 e. The highest BCUT2D eigenvalue weighted by Gasteiger charge is 2.49. The van der Waals surface area contributed by atoms with E-state index >= 15 is 0 Å². The van der Waals surface area contributed by atoms with Crippen molar-refractivity contribution in [1.29, 1.82) is 0 Å². The summed E-state index contributed by atoms with van der Waals surface area (Å²) >= 11 is 1.17. The molecule has 0 aromatic carbocycles. The fourth-order valence-corrected chi connectivity index (χ4v) is 5.53. The third-order valence-electron chi connectivity index (χ3n) is 6.74. The monoisotopic (exact) mass is 455 g/mol. The Labute approximate surface area is 194 Å². The van der Waals surface area contributed by atoms with Gasteiger partial charge in [0.25, 0.3) is 0 Å². The molecule has 3 aliphatic rings. The third-order valence-corrected chi connectivity index (χ3v) is 7.76. The van der Waals surface area contributed by atoms with E-state index in [-0.39, 0.29) is 33.8 Å². The van der Waals surface area contributed by atoms with Crippen LogP contribution in [0, 0.1) is 23.2 Å². The number of thiophene rings is 1. The number of epoxide rings is 1. The Morgan fingerprint density at radius 1 is 1.25 bits per heavy atom. The molecule has 1 aliphatic heterocycles. The van der Waals surface area contributed by atoms with Crippen LogP contribution in [0.3, 0.4) is 0 Å². The summed E-state index contributed by atoms with van der Waals surface area (Å²) in [7, 11) is 0. The Morgan fingerprint density at radius 3 is 2.47 bits per heavy atom. The molecule has 2 heterocycles. The first-order chi connectivity index (χ1) is 15.1. The molecular weight excluding hydrogens is 422 g/mol. The van der Waals surface area contributed by atoms with E-state index in [1.807, 2.05) is 31.7 Å².